The number of carbonyl (C=O) groups excluding carboxylic acids is 1. The zero-order valence-corrected chi connectivity index (χ0v) is 11.3. The molecule has 0 aliphatic heterocycles. The van der Waals surface area contributed by atoms with Crippen molar-refractivity contribution in [2.45, 2.75) is 30.6 Å². The van der Waals surface area contributed by atoms with Crippen molar-refractivity contribution in [2.24, 2.45) is 0 Å². The first-order chi connectivity index (χ1) is 8.22. The number of carbonyl (C=O) groups is 1. The zero-order valence-electron chi connectivity index (χ0n) is 10.5. The first-order valence-electron chi connectivity index (χ1n) is 6.03. The topological polar surface area (TPSA) is 32.3 Å². The summed E-state index contributed by atoms with van der Waals surface area (Å²) in [6, 6.07) is 0.311. The maximum atomic E-state index is 12.1. The van der Waals surface area contributed by atoms with E-state index in [4.69, 9.17) is 0 Å². The van der Waals surface area contributed by atoms with Crippen LogP contribution in [0.5, 0.6) is 0 Å². The van der Waals surface area contributed by atoms with Crippen LogP contribution in [0.15, 0.2) is 25.3 Å². The molecule has 2 atom stereocenters. The molecule has 0 unspecified atom stereocenters. The van der Waals surface area contributed by atoms with Crippen LogP contribution < -0.4 is 5.32 Å². The monoisotopic (exact) mass is 254 g/mol. The lowest BCUT2D eigenvalue weighted by atomic mass is 10.2. The maximum Gasteiger partial charge on any atom is 0.318 e. The van der Waals surface area contributed by atoms with Crippen LogP contribution in [0, 0.1) is 0 Å². The first-order valence-corrected chi connectivity index (χ1v) is 7.31. The van der Waals surface area contributed by atoms with Gasteiger partial charge in [-0.3, -0.25) is 0 Å². The van der Waals surface area contributed by atoms with E-state index in [-0.39, 0.29) is 6.03 Å². The van der Waals surface area contributed by atoms with E-state index in [1.807, 2.05) is 11.8 Å². The molecule has 3 nitrogen and oxygen atoms in total. The predicted molar refractivity (Wildman–Crippen MR) is 75.4 cm³/mol. The van der Waals surface area contributed by atoms with Gasteiger partial charge in [0.2, 0.25) is 0 Å². The summed E-state index contributed by atoms with van der Waals surface area (Å²) in [6.45, 7) is 8.46. The summed E-state index contributed by atoms with van der Waals surface area (Å²) >= 11 is 1.85. The molecule has 0 spiro atoms. The molecule has 2 amide bonds. The van der Waals surface area contributed by atoms with E-state index < -0.39 is 0 Å². The summed E-state index contributed by atoms with van der Waals surface area (Å²) in [5, 5.41) is 3.68. The Morgan fingerprint density at radius 1 is 1.41 bits per heavy atom. The molecule has 4 heteroatoms. The number of thioether (sulfide) groups is 1. The number of hydrogen-bond acceptors (Lipinski definition) is 2. The summed E-state index contributed by atoms with van der Waals surface area (Å²) in [5.41, 5.74) is 0. The third kappa shape index (κ3) is 4.11. The van der Waals surface area contributed by atoms with Gasteiger partial charge in [0.1, 0.15) is 0 Å². The Balaban J connectivity index is 2.50. The lowest BCUT2D eigenvalue weighted by molar-refractivity contribution is 0.204. The van der Waals surface area contributed by atoms with Gasteiger partial charge >= 0.3 is 6.03 Å². The Labute approximate surface area is 108 Å². The maximum absolute atomic E-state index is 12.1. The van der Waals surface area contributed by atoms with Crippen LogP contribution >= 0.6 is 11.8 Å². The largest absolute Gasteiger partial charge is 0.334 e. The molecule has 0 aromatic heterocycles. The van der Waals surface area contributed by atoms with Gasteiger partial charge in [-0.05, 0) is 19.1 Å². The van der Waals surface area contributed by atoms with Gasteiger partial charge in [-0.2, -0.15) is 11.8 Å². The molecule has 1 aliphatic rings. The number of rotatable bonds is 6. The summed E-state index contributed by atoms with van der Waals surface area (Å²) in [7, 11) is 0. The van der Waals surface area contributed by atoms with Crippen molar-refractivity contribution in [2.75, 3.05) is 19.3 Å². The molecule has 0 saturated heterocycles. The van der Waals surface area contributed by atoms with Gasteiger partial charge in [-0.15, -0.1) is 13.2 Å². The molecule has 17 heavy (non-hydrogen) atoms. The number of nitrogens with one attached hydrogen (secondary N) is 1. The Morgan fingerprint density at radius 2 is 2.06 bits per heavy atom. The summed E-state index contributed by atoms with van der Waals surface area (Å²) in [5.74, 6) is 0. The van der Waals surface area contributed by atoms with Gasteiger partial charge in [0.25, 0.3) is 0 Å². The van der Waals surface area contributed by atoms with Gasteiger partial charge in [-0.25, -0.2) is 4.79 Å². The second kappa shape index (κ2) is 7.43. The third-order valence-electron chi connectivity index (χ3n) is 3.05. The van der Waals surface area contributed by atoms with E-state index in [1.54, 1.807) is 17.1 Å². The Bertz CT molecular complexity index is 271. The Hall–Kier alpha value is -0.900. The zero-order chi connectivity index (χ0) is 12.7. The molecule has 1 fully saturated rings. The lowest BCUT2D eigenvalue weighted by Gasteiger charge is -2.25. The number of hydrogen-bond donors (Lipinski definition) is 1. The average molecular weight is 254 g/mol. The summed E-state index contributed by atoms with van der Waals surface area (Å²) in [6.07, 6.45) is 9.09. The molecule has 0 radical (unpaired) electrons. The van der Waals surface area contributed by atoms with Crippen molar-refractivity contribution in [1.82, 2.24) is 10.2 Å². The predicted octanol–water partition coefficient (Wildman–Crippen LogP) is 2.65. The number of amides is 2. The fraction of sp³-hybridized carbons (Fsp3) is 0.615. The molecular formula is C13H22N2OS. The molecule has 0 heterocycles. The molecule has 0 bridgehead atoms. The average Bonchev–Trinajstić information content (AvgIpc) is 2.76. The number of nitrogens with zero attached hydrogens (tertiary/aromatic N) is 1. The van der Waals surface area contributed by atoms with E-state index in [0.717, 1.165) is 6.42 Å². The third-order valence-corrected chi connectivity index (χ3v) is 4.22. The van der Waals surface area contributed by atoms with E-state index in [0.29, 0.717) is 24.4 Å². The van der Waals surface area contributed by atoms with Gasteiger partial charge < -0.3 is 10.2 Å². The Morgan fingerprint density at radius 3 is 2.59 bits per heavy atom. The highest BCUT2D eigenvalue weighted by atomic mass is 32.2. The Kier molecular flexibility index (Phi) is 6.19. The van der Waals surface area contributed by atoms with E-state index in [1.165, 1.54) is 12.8 Å². The highest BCUT2D eigenvalue weighted by molar-refractivity contribution is 7.99. The van der Waals surface area contributed by atoms with Gasteiger partial charge in [0.15, 0.2) is 0 Å². The van der Waals surface area contributed by atoms with Crippen LogP contribution in [0.1, 0.15) is 19.3 Å². The van der Waals surface area contributed by atoms with Crippen molar-refractivity contribution in [3.05, 3.63) is 25.3 Å². The van der Waals surface area contributed by atoms with Crippen LogP contribution in [0.2, 0.25) is 0 Å². The van der Waals surface area contributed by atoms with Gasteiger partial charge in [-0.1, -0.05) is 18.6 Å². The van der Waals surface area contributed by atoms with Gasteiger partial charge in [0, 0.05) is 24.4 Å². The molecule has 1 rings (SSSR count). The van der Waals surface area contributed by atoms with Crippen LogP contribution in [0.25, 0.3) is 0 Å². The van der Waals surface area contributed by atoms with Crippen LogP contribution in [0.4, 0.5) is 4.79 Å². The number of urea groups is 1. The quantitative estimate of drug-likeness (QED) is 0.739. The minimum atomic E-state index is -0.00394. The van der Waals surface area contributed by atoms with E-state index in [2.05, 4.69) is 24.7 Å². The fourth-order valence-corrected chi connectivity index (χ4v) is 3.11. The minimum Gasteiger partial charge on any atom is -0.334 e. The standard InChI is InChI=1S/C13H22N2OS/c1-4-9-15(10-5-2)13(16)14-11-7-6-8-12(11)17-3/h4-5,11-12H,1-2,6-10H2,3H3,(H,14,16)/t11-,12-/m0/s1. The molecular weight excluding hydrogens is 232 g/mol. The van der Waals surface area contributed by atoms with E-state index in [9.17, 15) is 4.79 Å². The summed E-state index contributed by atoms with van der Waals surface area (Å²) < 4.78 is 0. The fourth-order valence-electron chi connectivity index (χ4n) is 2.18. The molecule has 1 saturated carbocycles. The summed E-state index contributed by atoms with van der Waals surface area (Å²) in [4.78, 5) is 13.8. The highest BCUT2D eigenvalue weighted by Crippen LogP contribution is 2.28. The second-order valence-corrected chi connectivity index (χ2v) is 5.32. The molecule has 0 aromatic carbocycles. The smallest absolute Gasteiger partial charge is 0.318 e. The second-order valence-electron chi connectivity index (χ2n) is 4.24. The van der Waals surface area contributed by atoms with Crippen LogP contribution in [0.3, 0.4) is 0 Å². The van der Waals surface area contributed by atoms with Crippen molar-refractivity contribution < 1.29 is 4.79 Å². The van der Waals surface area contributed by atoms with Gasteiger partial charge in [0.05, 0.1) is 0 Å². The lowest BCUT2D eigenvalue weighted by Crippen LogP contribution is -2.46. The van der Waals surface area contributed by atoms with Crippen molar-refractivity contribution in [3.63, 3.8) is 0 Å². The normalized spacial score (nSPS) is 23.1. The minimum absolute atomic E-state index is 0.00394. The van der Waals surface area contributed by atoms with Crippen LogP contribution in [-0.2, 0) is 0 Å². The molecule has 0 aromatic rings. The van der Waals surface area contributed by atoms with Crippen molar-refractivity contribution >= 4 is 17.8 Å². The first kappa shape index (κ1) is 14.2. The molecule has 1 N–H and O–H groups in total. The molecule has 96 valence electrons. The molecule has 1 aliphatic carbocycles. The van der Waals surface area contributed by atoms with E-state index >= 15 is 0 Å². The SMILES string of the molecule is C=CCN(CC=C)C(=O)N[C@H]1CCC[C@@H]1SC. The van der Waals surface area contributed by atoms with Crippen molar-refractivity contribution in [3.8, 4) is 0 Å². The highest BCUT2D eigenvalue weighted by Gasteiger charge is 2.28. The van der Waals surface area contributed by atoms with Crippen molar-refractivity contribution in [1.29, 1.82) is 0 Å². The van der Waals surface area contributed by atoms with Crippen LogP contribution in [-0.4, -0.2) is 41.6 Å².